The van der Waals surface area contributed by atoms with Gasteiger partial charge in [-0.1, -0.05) is 12.1 Å². The summed E-state index contributed by atoms with van der Waals surface area (Å²) < 4.78 is 10.6. The average Bonchev–Trinajstić information content (AvgIpc) is 2.36. The lowest BCUT2D eigenvalue weighted by Gasteiger charge is -2.41. The Balaban J connectivity index is 2.09. The first kappa shape index (κ1) is 12.6. The molecule has 4 heteroatoms. The fourth-order valence-corrected chi connectivity index (χ4v) is 2.12. The maximum absolute atomic E-state index is 11.4. The molecule has 1 aromatic rings. The zero-order chi connectivity index (χ0) is 13.0. The summed E-state index contributed by atoms with van der Waals surface area (Å²) in [7, 11) is 1.38. The number of carbonyl (C=O) groups is 2. The van der Waals surface area contributed by atoms with Crippen molar-refractivity contribution < 1.29 is 19.1 Å². The Kier molecular flexibility index (Phi) is 3.65. The standard InChI is InChI=1S/C14H16O4/c1-17-13(16)9-14(6-3-7-14)18-12-5-2-4-11(8-12)10-15/h2,4-5,8,10H,3,6-7,9H2,1H3. The van der Waals surface area contributed by atoms with Crippen LogP contribution in [0.5, 0.6) is 5.75 Å². The molecule has 1 aliphatic carbocycles. The monoisotopic (exact) mass is 248 g/mol. The Hall–Kier alpha value is -1.84. The van der Waals surface area contributed by atoms with Gasteiger partial charge in [-0.3, -0.25) is 9.59 Å². The summed E-state index contributed by atoms with van der Waals surface area (Å²) in [6.07, 6.45) is 3.76. The van der Waals surface area contributed by atoms with Crippen molar-refractivity contribution in [2.24, 2.45) is 0 Å². The van der Waals surface area contributed by atoms with Gasteiger partial charge in [-0.25, -0.2) is 0 Å². The quantitative estimate of drug-likeness (QED) is 0.593. The van der Waals surface area contributed by atoms with Crippen LogP contribution in [0.25, 0.3) is 0 Å². The zero-order valence-electron chi connectivity index (χ0n) is 10.3. The largest absolute Gasteiger partial charge is 0.487 e. The molecule has 0 aromatic heterocycles. The third-order valence-electron chi connectivity index (χ3n) is 3.29. The van der Waals surface area contributed by atoms with Crippen LogP contribution in [-0.2, 0) is 9.53 Å². The van der Waals surface area contributed by atoms with Crippen LogP contribution in [0.1, 0.15) is 36.0 Å². The van der Waals surface area contributed by atoms with Gasteiger partial charge in [-0.2, -0.15) is 0 Å². The highest BCUT2D eigenvalue weighted by Crippen LogP contribution is 2.39. The number of hydrogen-bond acceptors (Lipinski definition) is 4. The number of benzene rings is 1. The molecule has 0 bridgehead atoms. The number of esters is 1. The molecule has 0 N–H and O–H groups in total. The predicted molar refractivity (Wildman–Crippen MR) is 65.7 cm³/mol. The van der Waals surface area contributed by atoms with E-state index in [-0.39, 0.29) is 12.4 Å². The first-order valence-electron chi connectivity index (χ1n) is 5.98. The Labute approximate surface area is 106 Å². The summed E-state index contributed by atoms with van der Waals surface area (Å²) >= 11 is 0. The molecule has 0 amide bonds. The molecule has 96 valence electrons. The van der Waals surface area contributed by atoms with Gasteiger partial charge in [0, 0.05) is 5.56 Å². The highest BCUT2D eigenvalue weighted by Gasteiger charge is 2.41. The van der Waals surface area contributed by atoms with E-state index in [1.165, 1.54) is 7.11 Å². The molecule has 0 spiro atoms. The first-order chi connectivity index (χ1) is 8.67. The lowest BCUT2D eigenvalue weighted by atomic mass is 9.77. The van der Waals surface area contributed by atoms with Crippen LogP contribution in [0, 0.1) is 0 Å². The van der Waals surface area contributed by atoms with Crippen molar-refractivity contribution in [2.45, 2.75) is 31.3 Å². The van der Waals surface area contributed by atoms with Gasteiger partial charge < -0.3 is 9.47 Å². The Morgan fingerprint density at radius 1 is 1.44 bits per heavy atom. The van der Waals surface area contributed by atoms with Crippen molar-refractivity contribution in [3.05, 3.63) is 29.8 Å². The van der Waals surface area contributed by atoms with Crippen LogP contribution in [0.15, 0.2) is 24.3 Å². The van der Waals surface area contributed by atoms with Gasteiger partial charge >= 0.3 is 5.97 Å². The van der Waals surface area contributed by atoms with Crippen molar-refractivity contribution in [1.29, 1.82) is 0 Å². The minimum absolute atomic E-state index is 0.259. The molecule has 2 rings (SSSR count). The molecule has 18 heavy (non-hydrogen) atoms. The van der Waals surface area contributed by atoms with E-state index in [0.717, 1.165) is 25.5 Å². The number of aldehydes is 1. The van der Waals surface area contributed by atoms with E-state index in [2.05, 4.69) is 4.74 Å². The van der Waals surface area contributed by atoms with E-state index < -0.39 is 5.60 Å². The van der Waals surface area contributed by atoms with E-state index in [4.69, 9.17) is 4.74 Å². The summed E-state index contributed by atoms with van der Waals surface area (Å²) in [4.78, 5) is 22.1. The maximum Gasteiger partial charge on any atom is 0.309 e. The molecule has 0 unspecified atom stereocenters. The van der Waals surface area contributed by atoms with Crippen LogP contribution < -0.4 is 4.74 Å². The molecule has 0 aliphatic heterocycles. The molecule has 1 fully saturated rings. The second-order valence-corrected chi connectivity index (χ2v) is 4.58. The second kappa shape index (κ2) is 5.21. The number of rotatable bonds is 5. The minimum Gasteiger partial charge on any atom is -0.487 e. The van der Waals surface area contributed by atoms with E-state index >= 15 is 0 Å². The highest BCUT2D eigenvalue weighted by molar-refractivity contribution is 5.75. The maximum atomic E-state index is 11.4. The number of methoxy groups -OCH3 is 1. The van der Waals surface area contributed by atoms with E-state index in [1.807, 2.05) is 0 Å². The van der Waals surface area contributed by atoms with Crippen LogP contribution in [0.3, 0.4) is 0 Å². The van der Waals surface area contributed by atoms with Gasteiger partial charge in [0.1, 0.15) is 17.6 Å². The topological polar surface area (TPSA) is 52.6 Å². The zero-order valence-corrected chi connectivity index (χ0v) is 10.3. The normalized spacial score (nSPS) is 16.5. The summed E-state index contributed by atoms with van der Waals surface area (Å²) in [6, 6.07) is 6.96. The molecule has 4 nitrogen and oxygen atoms in total. The third-order valence-corrected chi connectivity index (χ3v) is 3.29. The number of ether oxygens (including phenoxy) is 2. The molecule has 0 heterocycles. The van der Waals surface area contributed by atoms with Crippen LogP contribution in [0.4, 0.5) is 0 Å². The van der Waals surface area contributed by atoms with Gasteiger partial charge in [-0.15, -0.1) is 0 Å². The van der Waals surface area contributed by atoms with Crippen molar-refractivity contribution >= 4 is 12.3 Å². The smallest absolute Gasteiger partial charge is 0.309 e. The molecule has 0 radical (unpaired) electrons. The molecule has 1 aromatic carbocycles. The second-order valence-electron chi connectivity index (χ2n) is 4.58. The lowest BCUT2D eigenvalue weighted by Crippen LogP contribution is -2.45. The fourth-order valence-electron chi connectivity index (χ4n) is 2.12. The van der Waals surface area contributed by atoms with Crippen LogP contribution >= 0.6 is 0 Å². The van der Waals surface area contributed by atoms with Gasteiger partial charge in [-0.05, 0) is 31.4 Å². The van der Waals surface area contributed by atoms with E-state index in [0.29, 0.717) is 11.3 Å². The first-order valence-corrected chi connectivity index (χ1v) is 5.98. The van der Waals surface area contributed by atoms with E-state index in [9.17, 15) is 9.59 Å². The Bertz CT molecular complexity index is 449. The fraction of sp³-hybridized carbons (Fsp3) is 0.429. The summed E-state index contributed by atoms with van der Waals surface area (Å²) in [5, 5.41) is 0. The SMILES string of the molecule is COC(=O)CC1(Oc2cccc(C=O)c2)CCC1. The molecular formula is C14H16O4. The predicted octanol–water partition coefficient (Wildman–Crippen LogP) is 2.36. The molecule has 1 aliphatic rings. The van der Waals surface area contributed by atoms with Gasteiger partial charge in [0.15, 0.2) is 0 Å². The Morgan fingerprint density at radius 2 is 2.22 bits per heavy atom. The van der Waals surface area contributed by atoms with Gasteiger partial charge in [0.2, 0.25) is 0 Å². The van der Waals surface area contributed by atoms with Crippen LogP contribution in [0.2, 0.25) is 0 Å². The third kappa shape index (κ3) is 2.70. The number of hydrogen-bond donors (Lipinski definition) is 0. The summed E-state index contributed by atoms with van der Waals surface area (Å²) in [5.41, 5.74) is 0.120. The van der Waals surface area contributed by atoms with Crippen molar-refractivity contribution in [2.75, 3.05) is 7.11 Å². The Morgan fingerprint density at radius 3 is 2.78 bits per heavy atom. The van der Waals surface area contributed by atoms with Crippen LogP contribution in [-0.4, -0.2) is 25.0 Å². The lowest BCUT2D eigenvalue weighted by molar-refractivity contribution is -0.148. The van der Waals surface area contributed by atoms with Gasteiger partial charge in [0.05, 0.1) is 13.5 Å². The molecular weight excluding hydrogens is 232 g/mol. The summed E-state index contributed by atoms with van der Waals surface area (Å²) in [5.74, 6) is 0.365. The molecule has 1 saturated carbocycles. The summed E-state index contributed by atoms with van der Waals surface area (Å²) in [6.45, 7) is 0. The highest BCUT2D eigenvalue weighted by atomic mass is 16.5. The van der Waals surface area contributed by atoms with Crippen molar-refractivity contribution in [3.8, 4) is 5.75 Å². The van der Waals surface area contributed by atoms with Crippen molar-refractivity contribution in [1.82, 2.24) is 0 Å². The molecule has 0 atom stereocenters. The molecule has 0 saturated heterocycles. The van der Waals surface area contributed by atoms with Gasteiger partial charge in [0.25, 0.3) is 0 Å². The number of carbonyl (C=O) groups excluding carboxylic acids is 2. The van der Waals surface area contributed by atoms with E-state index in [1.54, 1.807) is 24.3 Å². The average molecular weight is 248 g/mol. The minimum atomic E-state index is -0.450. The van der Waals surface area contributed by atoms with Crippen molar-refractivity contribution in [3.63, 3.8) is 0 Å².